The molecule has 0 bridgehead atoms. The van der Waals surface area contributed by atoms with Crippen LogP contribution in [0, 0.1) is 0 Å². The van der Waals surface area contributed by atoms with Crippen LogP contribution in [0.1, 0.15) is 48.7 Å². The fraction of sp³-hybridized carbons (Fsp3) is 0.364. The lowest BCUT2D eigenvalue weighted by Gasteiger charge is -2.19. The van der Waals surface area contributed by atoms with E-state index in [0.717, 1.165) is 16.9 Å². The van der Waals surface area contributed by atoms with Gasteiger partial charge in [0, 0.05) is 18.5 Å². The average molecular weight is 369 g/mol. The normalized spacial score (nSPS) is 12.4. The molecule has 0 saturated carbocycles. The van der Waals surface area contributed by atoms with E-state index in [1.54, 1.807) is 19.2 Å². The van der Waals surface area contributed by atoms with E-state index >= 15 is 0 Å². The number of hydrogen-bond acceptors (Lipinski definition) is 4. The van der Waals surface area contributed by atoms with Crippen LogP contribution in [-0.2, 0) is 16.8 Å². The van der Waals surface area contributed by atoms with Gasteiger partial charge in [0.2, 0.25) is 0 Å². The number of carbonyl (C=O) groups excluding carboxylic acids is 1. The predicted octanol–water partition coefficient (Wildman–Crippen LogP) is 3.81. The quantitative estimate of drug-likeness (QED) is 0.692. The van der Waals surface area contributed by atoms with Crippen LogP contribution in [0.4, 0.5) is 0 Å². The first-order valence-corrected chi connectivity index (χ1v) is 8.93. The highest BCUT2D eigenvalue weighted by atomic mass is 16.5. The van der Waals surface area contributed by atoms with Crippen molar-refractivity contribution < 1.29 is 19.4 Å². The third kappa shape index (κ3) is 5.93. The van der Waals surface area contributed by atoms with Crippen LogP contribution in [0.5, 0.6) is 5.75 Å². The van der Waals surface area contributed by atoms with E-state index in [-0.39, 0.29) is 17.6 Å². The molecule has 5 heteroatoms. The molecule has 2 aromatic rings. The zero-order valence-corrected chi connectivity index (χ0v) is 16.3. The third-order valence-corrected chi connectivity index (χ3v) is 4.47. The number of nitrogens with one attached hydrogen (secondary N) is 1. The fourth-order valence-corrected chi connectivity index (χ4v) is 2.69. The van der Waals surface area contributed by atoms with Gasteiger partial charge in [-0.1, -0.05) is 57.2 Å². The van der Waals surface area contributed by atoms with Gasteiger partial charge in [-0.05, 0) is 28.7 Å². The van der Waals surface area contributed by atoms with Gasteiger partial charge < -0.3 is 9.84 Å². The van der Waals surface area contributed by atoms with Gasteiger partial charge in [0.15, 0.2) is 5.78 Å². The minimum absolute atomic E-state index is 0.00506. The summed E-state index contributed by atoms with van der Waals surface area (Å²) in [5, 5.41) is 12.4. The highest BCUT2D eigenvalue weighted by Crippen LogP contribution is 2.22. The van der Waals surface area contributed by atoms with Crippen molar-refractivity contribution in [1.29, 1.82) is 0 Å². The van der Waals surface area contributed by atoms with Gasteiger partial charge in [-0.2, -0.15) is 0 Å². The second kappa shape index (κ2) is 8.82. The zero-order valence-electron chi connectivity index (χ0n) is 16.3. The minimum atomic E-state index is -1.04. The van der Waals surface area contributed by atoms with Crippen molar-refractivity contribution in [2.24, 2.45) is 0 Å². The van der Waals surface area contributed by atoms with Crippen molar-refractivity contribution in [1.82, 2.24) is 5.32 Å². The topological polar surface area (TPSA) is 75.6 Å². The number of ether oxygens (including phenoxy) is 1. The monoisotopic (exact) mass is 369 g/mol. The van der Waals surface area contributed by atoms with Crippen LogP contribution >= 0.6 is 0 Å². The fourth-order valence-electron chi connectivity index (χ4n) is 2.69. The lowest BCUT2D eigenvalue weighted by molar-refractivity contribution is -0.139. The van der Waals surface area contributed by atoms with Gasteiger partial charge in [0.1, 0.15) is 11.8 Å². The molecule has 0 aromatic heterocycles. The molecule has 0 fully saturated rings. The zero-order chi connectivity index (χ0) is 20.0. The van der Waals surface area contributed by atoms with Crippen LogP contribution < -0.4 is 10.1 Å². The number of carboxylic acid groups (broad SMARTS) is 1. The first kappa shape index (κ1) is 20.6. The van der Waals surface area contributed by atoms with E-state index in [0.29, 0.717) is 12.1 Å². The van der Waals surface area contributed by atoms with Crippen molar-refractivity contribution >= 4 is 11.8 Å². The average Bonchev–Trinajstić information content (AvgIpc) is 2.64. The van der Waals surface area contributed by atoms with E-state index in [2.05, 4.69) is 26.1 Å². The number of hydrogen-bond donors (Lipinski definition) is 2. The summed E-state index contributed by atoms with van der Waals surface area (Å²) in [6, 6.07) is 13.8. The first-order valence-electron chi connectivity index (χ1n) is 8.93. The Labute approximate surface area is 160 Å². The molecule has 0 saturated heterocycles. The molecule has 0 amide bonds. The molecule has 144 valence electrons. The smallest absolute Gasteiger partial charge is 0.321 e. The molecular weight excluding hydrogens is 342 g/mol. The minimum Gasteiger partial charge on any atom is -0.497 e. The van der Waals surface area contributed by atoms with Crippen molar-refractivity contribution in [2.45, 2.75) is 45.2 Å². The summed E-state index contributed by atoms with van der Waals surface area (Å²) < 4.78 is 5.10. The number of carboxylic acids is 1. The van der Waals surface area contributed by atoms with Crippen molar-refractivity contribution in [3.63, 3.8) is 0 Å². The van der Waals surface area contributed by atoms with Crippen LogP contribution in [0.2, 0.25) is 0 Å². The van der Waals surface area contributed by atoms with Crippen LogP contribution in [0.3, 0.4) is 0 Å². The maximum atomic E-state index is 12.5. The molecule has 5 nitrogen and oxygen atoms in total. The van der Waals surface area contributed by atoms with E-state index in [1.807, 2.05) is 36.4 Å². The maximum Gasteiger partial charge on any atom is 0.321 e. The number of carbonyl (C=O) groups is 2. The number of aliphatic carboxylic acids is 1. The highest BCUT2D eigenvalue weighted by molar-refractivity contribution is 5.98. The SMILES string of the molecule is COc1ccc(CNC(CC(=O)c2ccc(C(C)(C)C)cc2)C(=O)O)cc1. The van der Waals surface area contributed by atoms with E-state index in [9.17, 15) is 14.7 Å². The molecule has 2 aromatic carbocycles. The number of benzene rings is 2. The standard InChI is InChI=1S/C22H27NO4/c1-22(2,3)17-9-7-16(8-10-17)20(24)13-19(21(25)26)23-14-15-5-11-18(27-4)12-6-15/h5-12,19,23H,13-14H2,1-4H3,(H,25,26). The Morgan fingerprint density at radius 3 is 2.11 bits per heavy atom. The van der Waals surface area contributed by atoms with Gasteiger partial charge in [-0.15, -0.1) is 0 Å². The van der Waals surface area contributed by atoms with Gasteiger partial charge in [0.05, 0.1) is 7.11 Å². The Morgan fingerprint density at radius 2 is 1.63 bits per heavy atom. The van der Waals surface area contributed by atoms with Gasteiger partial charge in [-0.25, -0.2) is 0 Å². The summed E-state index contributed by atoms with van der Waals surface area (Å²) in [7, 11) is 1.59. The second-order valence-electron chi connectivity index (χ2n) is 7.57. The lowest BCUT2D eigenvalue weighted by Crippen LogP contribution is -2.38. The maximum absolute atomic E-state index is 12.5. The summed E-state index contributed by atoms with van der Waals surface area (Å²) in [5.74, 6) is -0.490. The molecular formula is C22H27NO4. The largest absolute Gasteiger partial charge is 0.497 e. The summed E-state index contributed by atoms with van der Waals surface area (Å²) in [6.07, 6.45) is -0.0969. The number of rotatable bonds is 8. The van der Waals surface area contributed by atoms with Crippen LogP contribution in [0.15, 0.2) is 48.5 Å². The van der Waals surface area contributed by atoms with E-state index < -0.39 is 12.0 Å². The molecule has 2 rings (SSSR count). The summed E-state index contributed by atoms with van der Waals surface area (Å²) in [5.41, 5.74) is 2.58. The third-order valence-electron chi connectivity index (χ3n) is 4.47. The van der Waals surface area contributed by atoms with Crippen LogP contribution in [0.25, 0.3) is 0 Å². The summed E-state index contributed by atoms with van der Waals surface area (Å²) in [4.78, 5) is 24.0. The highest BCUT2D eigenvalue weighted by Gasteiger charge is 2.22. The van der Waals surface area contributed by atoms with Crippen molar-refractivity contribution in [3.05, 3.63) is 65.2 Å². The Hall–Kier alpha value is -2.66. The van der Waals surface area contributed by atoms with Crippen molar-refractivity contribution in [3.8, 4) is 5.75 Å². The van der Waals surface area contributed by atoms with Gasteiger partial charge in [0.25, 0.3) is 0 Å². The van der Waals surface area contributed by atoms with Crippen LogP contribution in [-0.4, -0.2) is 30.0 Å². The Morgan fingerprint density at radius 1 is 1.04 bits per heavy atom. The first-order chi connectivity index (χ1) is 12.7. The van der Waals surface area contributed by atoms with Crippen molar-refractivity contribution in [2.75, 3.05) is 7.11 Å². The molecule has 0 aliphatic rings. The Balaban J connectivity index is 2.00. The molecule has 0 heterocycles. The number of methoxy groups -OCH3 is 1. The Bertz CT molecular complexity index is 773. The Kier molecular flexibility index (Phi) is 6.75. The molecule has 27 heavy (non-hydrogen) atoms. The lowest BCUT2D eigenvalue weighted by atomic mass is 9.86. The molecule has 1 atom stereocenters. The number of Topliss-reactive ketones (excluding diaryl/α,β-unsaturated/α-hetero) is 1. The predicted molar refractivity (Wildman–Crippen MR) is 105 cm³/mol. The molecule has 0 aliphatic carbocycles. The van der Waals surface area contributed by atoms with E-state index in [1.165, 1.54) is 0 Å². The molecule has 0 spiro atoms. The molecule has 2 N–H and O–H groups in total. The van der Waals surface area contributed by atoms with Gasteiger partial charge >= 0.3 is 5.97 Å². The molecule has 0 radical (unpaired) electrons. The second-order valence-corrected chi connectivity index (χ2v) is 7.57. The van der Waals surface area contributed by atoms with Gasteiger partial charge in [-0.3, -0.25) is 14.9 Å². The molecule has 0 aliphatic heterocycles. The van der Waals surface area contributed by atoms with E-state index in [4.69, 9.17) is 4.74 Å². The summed E-state index contributed by atoms with van der Waals surface area (Å²) in [6.45, 7) is 6.67. The number of ketones is 1. The molecule has 1 unspecified atom stereocenters. The summed E-state index contributed by atoms with van der Waals surface area (Å²) >= 11 is 0.